The van der Waals surface area contributed by atoms with Crippen molar-refractivity contribution in [3.05, 3.63) is 30.1 Å². The third kappa shape index (κ3) is 1.72. The Kier molecular flexibility index (Phi) is 2.68. The van der Waals surface area contributed by atoms with Gasteiger partial charge in [0, 0.05) is 5.56 Å². The van der Waals surface area contributed by atoms with E-state index in [9.17, 15) is 10.2 Å². The van der Waals surface area contributed by atoms with Crippen LogP contribution in [0.3, 0.4) is 0 Å². The molecule has 4 N–H and O–H groups in total. The molecule has 0 saturated heterocycles. The Balaban J connectivity index is 2.46. The van der Waals surface area contributed by atoms with E-state index in [-0.39, 0.29) is 0 Å². The van der Waals surface area contributed by atoms with Crippen molar-refractivity contribution in [1.82, 2.24) is 9.97 Å². The van der Waals surface area contributed by atoms with Crippen LogP contribution in [0.2, 0.25) is 0 Å². The smallest absolute Gasteiger partial charge is 0.109 e. The highest BCUT2D eigenvalue weighted by molar-refractivity contribution is 5.78. The van der Waals surface area contributed by atoms with E-state index in [0.717, 1.165) is 5.52 Å². The lowest BCUT2D eigenvalue weighted by Crippen LogP contribution is -2.22. The van der Waals surface area contributed by atoms with Crippen molar-refractivity contribution < 1.29 is 15.3 Å². The summed E-state index contributed by atoms with van der Waals surface area (Å²) in [6.45, 7) is -0.484. The van der Waals surface area contributed by atoms with Crippen molar-refractivity contribution in [3.63, 3.8) is 0 Å². The second-order valence-electron chi connectivity index (χ2n) is 3.34. The maximum absolute atomic E-state index is 9.74. The lowest BCUT2D eigenvalue weighted by molar-refractivity contribution is -0.0146. The molecule has 2 aromatic rings. The van der Waals surface area contributed by atoms with Gasteiger partial charge in [0.25, 0.3) is 0 Å². The average molecular weight is 208 g/mol. The second kappa shape index (κ2) is 3.98. The van der Waals surface area contributed by atoms with Crippen LogP contribution in [-0.4, -0.2) is 38.0 Å². The molecule has 1 heterocycles. The summed E-state index contributed by atoms with van der Waals surface area (Å²) in [5.41, 5.74) is 1.91. The first-order valence-corrected chi connectivity index (χ1v) is 4.63. The molecule has 5 heteroatoms. The molecule has 2 rings (SSSR count). The number of rotatable bonds is 3. The molecule has 2 unspecified atom stereocenters. The molecule has 0 aliphatic carbocycles. The van der Waals surface area contributed by atoms with E-state index in [0.29, 0.717) is 11.1 Å². The highest BCUT2D eigenvalue weighted by atomic mass is 16.4. The molecule has 0 bridgehead atoms. The molecule has 5 nitrogen and oxygen atoms in total. The van der Waals surface area contributed by atoms with E-state index in [2.05, 4.69) is 9.97 Å². The molecule has 2 atom stereocenters. The molecule has 0 saturated carbocycles. The standard InChI is InChI=1S/C10H12N2O3/c13-4-8(14)10(15)6-2-1-3-7-9(6)12-5-11-7/h1-3,5,8,10,13-15H,4H2,(H,11,12). The van der Waals surface area contributed by atoms with Crippen molar-refractivity contribution in [2.24, 2.45) is 0 Å². The number of hydrogen-bond donors (Lipinski definition) is 4. The van der Waals surface area contributed by atoms with Crippen molar-refractivity contribution >= 4 is 11.0 Å². The maximum Gasteiger partial charge on any atom is 0.109 e. The largest absolute Gasteiger partial charge is 0.394 e. The van der Waals surface area contributed by atoms with Crippen molar-refractivity contribution in [2.75, 3.05) is 6.61 Å². The normalized spacial score (nSPS) is 15.4. The fraction of sp³-hybridized carbons (Fsp3) is 0.300. The zero-order valence-electron chi connectivity index (χ0n) is 7.96. The van der Waals surface area contributed by atoms with Crippen LogP contribution in [0.25, 0.3) is 11.0 Å². The van der Waals surface area contributed by atoms with Crippen molar-refractivity contribution in [3.8, 4) is 0 Å². The van der Waals surface area contributed by atoms with Gasteiger partial charge in [0.05, 0.1) is 24.0 Å². The number of nitrogens with zero attached hydrogens (tertiary/aromatic N) is 1. The van der Waals surface area contributed by atoms with E-state index >= 15 is 0 Å². The van der Waals surface area contributed by atoms with Crippen molar-refractivity contribution in [1.29, 1.82) is 0 Å². The molecule has 15 heavy (non-hydrogen) atoms. The minimum absolute atomic E-state index is 0.484. The number of fused-ring (bicyclic) bond motifs is 1. The summed E-state index contributed by atoms with van der Waals surface area (Å²) >= 11 is 0. The highest BCUT2D eigenvalue weighted by Crippen LogP contribution is 2.23. The van der Waals surface area contributed by atoms with E-state index in [1.165, 1.54) is 6.33 Å². The number of aromatic nitrogens is 2. The zero-order valence-corrected chi connectivity index (χ0v) is 7.96. The Hall–Kier alpha value is -1.43. The molecule has 1 aromatic heterocycles. The first-order valence-electron chi connectivity index (χ1n) is 4.63. The first kappa shape index (κ1) is 10.1. The number of aromatic amines is 1. The Morgan fingerprint density at radius 3 is 2.87 bits per heavy atom. The van der Waals surface area contributed by atoms with Crippen LogP contribution >= 0.6 is 0 Å². The molecule has 0 spiro atoms. The van der Waals surface area contributed by atoms with Crippen LogP contribution in [0.1, 0.15) is 11.7 Å². The number of imidazole rings is 1. The summed E-state index contributed by atoms with van der Waals surface area (Å²) in [5, 5.41) is 27.8. The molecule has 0 amide bonds. The number of para-hydroxylation sites is 1. The van der Waals surface area contributed by atoms with Gasteiger partial charge < -0.3 is 20.3 Å². The van der Waals surface area contributed by atoms with Gasteiger partial charge in [-0.15, -0.1) is 0 Å². The third-order valence-corrected chi connectivity index (χ3v) is 2.35. The van der Waals surface area contributed by atoms with E-state index in [1.54, 1.807) is 12.1 Å². The van der Waals surface area contributed by atoms with Crippen LogP contribution in [0.5, 0.6) is 0 Å². The molecule has 1 aromatic carbocycles. The van der Waals surface area contributed by atoms with Crippen LogP contribution < -0.4 is 0 Å². The Morgan fingerprint density at radius 2 is 2.13 bits per heavy atom. The third-order valence-electron chi connectivity index (χ3n) is 2.35. The Morgan fingerprint density at radius 1 is 1.33 bits per heavy atom. The summed E-state index contributed by atoms with van der Waals surface area (Å²) in [5.74, 6) is 0. The Bertz CT molecular complexity index is 455. The van der Waals surface area contributed by atoms with Gasteiger partial charge in [-0.25, -0.2) is 4.98 Å². The van der Waals surface area contributed by atoms with Crippen LogP contribution in [-0.2, 0) is 0 Å². The SMILES string of the molecule is OCC(O)C(O)c1cccc2[nH]cnc12. The van der Waals surface area contributed by atoms with Gasteiger partial charge in [0.2, 0.25) is 0 Å². The minimum Gasteiger partial charge on any atom is -0.394 e. The van der Waals surface area contributed by atoms with Gasteiger partial charge >= 0.3 is 0 Å². The fourth-order valence-electron chi connectivity index (χ4n) is 1.53. The number of benzene rings is 1. The van der Waals surface area contributed by atoms with Crippen LogP contribution in [0.15, 0.2) is 24.5 Å². The van der Waals surface area contributed by atoms with E-state index in [4.69, 9.17) is 5.11 Å². The van der Waals surface area contributed by atoms with Gasteiger partial charge in [0.1, 0.15) is 12.2 Å². The van der Waals surface area contributed by atoms with Gasteiger partial charge in [0.15, 0.2) is 0 Å². The molecule has 0 aliphatic rings. The summed E-state index contributed by atoms with van der Waals surface area (Å²) in [4.78, 5) is 6.95. The predicted octanol–water partition coefficient (Wildman–Crippen LogP) is -0.0505. The van der Waals surface area contributed by atoms with Crippen LogP contribution in [0, 0.1) is 0 Å². The average Bonchev–Trinajstić information content (AvgIpc) is 2.74. The zero-order chi connectivity index (χ0) is 10.8. The summed E-state index contributed by atoms with van der Waals surface area (Å²) < 4.78 is 0. The molecular weight excluding hydrogens is 196 g/mol. The lowest BCUT2D eigenvalue weighted by atomic mass is 10.0. The quantitative estimate of drug-likeness (QED) is 0.569. The van der Waals surface area contributed by atoms with Gasteiger partial charge in [-0.3, -0.25) is 0 Å². The molecule has 80 valence electrons. The summed E-state index contributed by atoms with van der Waals surface area (Å²) in [6, 6.07) is 5.25. The van der Waals surface area contributed by atoms with Crippen LogP contribution in [0.4, 0.5) is 0 Å². The first-order chi connectivity index (χ1) is 7.24. The van der Waals surface area contributed by atoms with Gasteiger partial charge in [-0.2, -0.15) is 0 Å². The number of nitrogens with one attached hydrogen (secondary N) is 1. The Labute approximate surface area is 86.0 Å². The topological polar surface area (TPSA) is 89.4 Å². The summed E-state index contributed by atoms with van der Waals surface area (Å²) in [6.07, 6.45) is -0.791. The predicted molar refractivity (Wildman–Crippen MR) is 54.1 cm³/mol. The monoisotopic (exact) mass is 208 g/mol. The molecule has 0 aliphatic heterocycles. The molecule has 0 fully saturated rings. The number of aliphatic hydroxyl groups excluding tert-OH is 3. The van der Waals surface area contributed by atoms with E-state index < -0.39 is 18.8 Å². The number of aliphatic hydroxyl groups is 3. The van der Waals surface area contributed by atoms with Gasteiger partial charge in [-0.05, 0) is 6.07 Å². The van der Waals surface area contributed by atoms with Gasteiger partial charge in [-0.1, -0.05) is 12.1 Å². The molecule has 0 radical (unpaired) electrons. The minimum atomic E-state index is -1.19. The number of H-pyrrole nitrogens is 1. The van der Waals surface area contributed by atoms with Crippen molar-refractivity contribution in [2.45, 2.75) is 12.2 Å². The van der Waals surface area contributed by atoms with E-state index in [1.807, 2.05) is 6.07 Å². The second-order valence-corrected chi connectivity index (χ2v) is 3.34. The number of hydrogen-bond acceptors (Lipinski definition) is 4. The fourth-order valence-corrected chi connectivity index (χ4v) is 1.53. The highest BCUT2D eigenvalue weighted by Gasteiger charge is 2.20. The molecular formula is C10H12N2O3. The lowest BCUT2D eigenvalue weighted by Gasteiger charge is -2.15. The maximum atomic E-state index is 9.74. The summed E-state index contributed by atoms with van der Waals surface area (Å²) in [7, 11) is 0.